The monoisotopic (exact) mass is 517 g/mol. The Bertz CT molecular complexity index is 1230. The van der Waals surface area contributed by atoms with Crippen LogP contribution in [0.1, 0.15) is 22.5 Å². The second-order valence-corrected chi connectivity index (χ2v) is 7.23. The van der Waals surface area contributed by atoms with Crippen LogP contribution in [0.4, 0.5) is 36.4 Å². The zero-order valence-corrected chi connectivity index (χ0v) is 17.1. The third-order valence-corrected chi connectivity index (χ3v) is 4.92. The lowest BCUT2D eigenvalue weighted by Gasteiger charge is -2.12. The Balaban J connectivity index is 1.98. The van der Waals surface area contributed by atoms with Gasteiger partial charge in [0.2, 0.25) is 5.75 Å². The summed E-state index contributed by atoms with van der Waals surface area (Å²) in [4.78, 5) is 10.1. The van der Waals surface area contributed by atoms with Crippen molar-refractivity contribution in [1.29, 1.82) is 0 Å². The van der Waals surface area contributed by atoms with Crippen LogP contribution in [-0.2, 0) is 18.8 Å². The van der Waals surface area contributed by atoms with E-state index in [0.717, 1.165) is 6.07 Å². The maximum Gasteiger partial charge on any atom is 0.434 e. The molecule has 33 heavy (non-hydrogen) atoms. The number of nitro benzene ring substituents is 1. The molecule has 0 bridgehead atoms. The van der Waals surface area contributed by atoms with Crippen LogP contribution >= 0.6 is 23.2 Å². The number of halogens is 9. The van der Waals surface area contributed by atoms with Crippen molar-refractivity contribution >= 4 is 28.9 Å². The van der Waals surface area contributed by atoms with Crippen molar-refractivity contribution in [2.75, 3.05) is 0 Å². The van der Waals surface area contributed by atoms with Gasteiger partial charge in [-0.15, -0.1) is 0 Å². The summed E-state index contributed by atoms with van der Waals surface area (Å²) in [5.41, 5.74) is -4.36. The molecule has 0 saturated heterocycles. The molecule has 0 aliphatic carbocycles. The summed E-state index contributed by atoms with van der Waals surface area (Å²) in [6.07, 6.45) is -10.3. The molecule has 0 fully saturated rings. The zero-order valence-electron chi connectivity index (χ0n) is 15.6. The van der Waals surface area contributed by atoms with Crippen LogP contribution in [0.3, 0.4) is 0 Å². The van der Waals surface area contributed by atoms with E-state index < -0.39 is 68.0 Å². The quantitative estimate of drug-likeness (QED) is 0.220. The van der Waals surface area contributed by atoms with Gasteiger partial charge in [0.25, 0.3) is 0 Å². The van der Waals surface area contributed by atoms with E-state index in [2.05, 4.69) is 5.10 Å². The fraction of sp³-hybridized carbons (Fsp3) is 0.167. The van der Waals surface area contributed by atoms with Gasteiger partial charge in [0.1, 0.15) is 11.6 Å². The first-order chi connectivity index (χ1) is 15.2. The number of nitro groups is 1. The Labute approximate surface area is 189 Å². The normalized spacial score (nSPS) is 12.2. The van der Waals surface area contributed by atoms with Crippen LogP contribution in [0.15, 0.2) is 30.3 Å². The molecule has 0 aliphatic rings. The minimum Gasteiger partial charge on any atom is -0.449 e. The van der Waals surface area contributed by atoms with E-state index >= 15 is 0 Å². The maximum atomic E-state index is 14.3. The van der Waals surface area contributed by atoms with Gasteiger partial charge in [-0.05, 0) is 29.8 Å². The van der Waals surface area contributed by atoms with Crippen LogP contribution < -0.4 is 4.74 Å². The predicted octanol–water partition coefficient (Wildman–Crippen LogP) is 7.18. The van der Waals surface area contributed by atoms with Gasteiger partial charge in [-0.3, -0.25) is 15.2 Å². The lowest BCUT2D eigenvalue weighted by atomic mass is 10.1. The van der Waals surface area contributed by atoms with Crippen LogP contribution in [-0.4, -0.2) is 15.1 Å². The smallest absolute Gasteiger partial charge is 0.434 e. The van der Waals surface area contributed by atoms with Gasteiger partial charge < -0.3 is 4.74 Å². The average Bonchev–Trinajstić information content (AvgIpc) is 3.05. The molecule has 2 aromatic carbocycles. The Hall–Kier alpha value is -3.06. The first kappa shape index (κ1) is 24.6. The number of hydrogen-bond acceptors (Lipinski definition) is 4. The highest BCUT2D eigenvalue weighted by molar-refractivity contribution is 6.32. The molecule has 0 atom stereocenters. The molecular formula is C18H8Cl2F7N3O3. The SMILES string of the molecule is O=[N+]([O-])c1cc(C(F)(F)F)ccc1Oc1cc(Cc2n[nH]c(C(F)(F)F)c2Cl)c(F)cc1Cl. The molecule has 3 rings (SSSR count). The number of aromatic nitrogens is 2. The number of nitrogens with zero attached hydrogens (tertiary/aromatic N) is 2. The maximum absolute atomic E-state index is 14.3. The minimum absolute atomic E-state index is 0.246. The zero-order chi connectivity index (χ0) is 24.7. The van der Waals surface area contributed by atoms with Gasteiger partial charge in [0.05, 0.1) is 26.2 Å². The lowest BCUT2D eigenvalue weighted by molar-refractivity contribution is -0.385. The molecule has 0 spiro atoms. The highest BCUT2D eigenvalue weighted by atomic mass is 35.5. The van der Waals surface area contributed by atoms with Gasteiger partial charge in [-0.1, -0.05) is 23.2 Å². The molecular weight excluding hydrogens is 510 g/mol. The standard InChI is InChI=1S/C18H8Cl2F7N3O3/c19-9-6-10(21)7(3-11-15(20)16(29-28-11)18(25,26)27)4-14(9)33-13-2-1-8(17(22,23)24)5-12(13)30(31)32/h1-2,4-6H,3H2,(H,28,29). The summed E-state index contributed by atoms with van der Waals surface area (Å²) in [6.45, 7) is 0. The van der Waals surface area contributed by atoms with Gasteiger partial charge in [-0.2, -0.15) is 31.4 Å². The van der Waals surface area contributed by atoms with E-state index in [0.29, 0.717) is 18.2 Å². The van der Waals surface area contributed by atoms with Gasteiger partial charge in [0, 0.05) is 12.5 Å². The fourth-order valence-corrected chi connectivity index (χ4v) is 3.12. The second-order valence-electron chi connectivity index (χ2n) is 6.45. The molecule has 1 N–H and O–H groups in total. The van der Waals surface area contributed by atoms with Crippen LogP contribution in [0.2, 0.25) is 10.0 Å². The summed E-state index contributed by atoms with van der Waals surface area (Å²) < 4.78 is 96.7. The van der Waals surface area contributed by atoms with Crippen molar-refractivity contribution in [3.8, 4) is 11.5 Å². The number of nitrogens with one attached hydrogen (secondary N) is 1. The first-order valence-electron chi connectivity index (χ1n) is 8.49. The Kier molecular flexibility index (Phi) is 6.48. The number of H-pyrrole nitrogens is 1. The van der Waals surface area contributed by atoms with Gasteiger partial charge in [0.15, 0.2) is 5.69 Å². The summed E-state index contributed by atoms with van der Waals surface area (Å²) in [5.74, 6) is -2.02. The molecule has 0 aliphatic heterocycles. The number of alkyl halides is 6. The highest BCUT2D eigenvalue weighted by Crippen LogP contribution is 2.41. The molecule has 0 unspecified atom stereocenters. The predicted molar refractivity (Wildman–Crippen MR) is 101 cm³/mol. The molecule has 176 valence electrons. The average molecular weight is 518 g/mol. The fourth-order valence-electron chi connectivity index (χ4n) is 2.68. The van der Waals surface area contributed by atoms with Crippen molar-refractivity contribution in [3.63, 3.8) is 0 Å². The summed E-state index contributed by atoms with van der Waals surface area (Å²) in [5, 5.41) is 15.1. The molecule has 0 amide bonds. The Morgan fingerprint density at radius 1 is 1.03 bits per heavy atom. The summed E-state index contributed by atoms with van der Waals surface area (Å²) in [6, 6.07) is 3.09. The van der Waals surface area contributed by atoms with E-state index in [-0.39, 0.29) is 17.3 Å². The number of benzene rings is 2. The van der Waals surface area contributed by atoms with Crippen molar-refractivity contribution < 1.29 is 40.4 Å². The summed E-state index contributed by atoms with van der Waals surface area (Å²) in [7, 11) is 0. The van der Waals surface area contributed by atoms with Crippen molar-refractivity contribution in [1.82, 2.24) is 10.2 Å². The molecule has 0 saturated carbocycles. The Morgan fingerprint density at radius 2 is 1.70 bits per heavy atom. The topological polar surface area (TPSA) is 81.1 Å². The second kappa shape index (κ2) is 8.71. The van der Waals surface area contributed by atoms with E-state index in [1.54, 1.807) is 5.10 Å². The van der Waals surface area contributed by atoms with Gasteiger partial charge >= 0.3 is 18.0 Å². The lowest BCUT2D eigenvalue weighted by Crippen LogP contribution is -2.06. The molecule has 1 heterocycles. The van der Waals surface area contributed by atoms with Crippen molar-refractivity contribution in [2.45, 2.75) is 18.8 Å². The number of aromatic amines is 1. The number of rotatable bonds is 5. The highest BCUT2D eigenvalue weighted by Gasteiger charge is 2.37. The molecule has 0 radical (unpaired) electrons. The van der Waals surface area contributed by atoms with E-state index in [1.807, 2.05) is 0 Å². The summed E-state index contributed by atoms with van der Waals surface area (Å²) >= 11 is 11.5. The van der Waals surface area contributed by atoms with E-state index in [4.69, 9.17) is 27.9 Å². The molecule has 1 aromatic heterocycles. The van der Waals surface area contributed by atoms with Crippen LogP contribution in [0.5, 0.6) is 11.5 Å². The minimum atomic E-state index is -4.86. The third kappa shape index (κ3) is 5.30. The Morgan fingerprint density at radius 3 is 2.24 bits per heavy atom. The molecule has 15 heteroatoms. The van der Waals surface area contributed by atoms with Crippen molar-refractivity contribution in [3.05, 3.63) is 78.8 Å². The van der Waals surface area contributed by atoms with Gasteiger partial charge in [-0.25, -0.2) is 4.39 Å². The van der Waals surface area contributed by atoms with Crippen LogP contribution in [0.25, 0.3) is 0 Å². The van der Waals surface area contributed by atoms with Crippen LogP contribution in [0, 0.1) is 15.9 Å². The number of hydrogen-bond donors (Lipinski definition) is 1. The van der Waals surface area contributed by atoms with E-state index in [9.17, 15) is 40.8 Å². The first-order valence-corrected chi connectivity index (χ1v) is 9.25. The largest absolute Gasteiger partial charge is 0.449 e. The van der Waals surface area contributed by atoms with Crippen molar-refractivity contribution in [2.24, 2.45) is 0 Å². The van der Waals surface area contributed by atoms with E-state index in [1.165, 1.54) is 0 Å². The molecule has 6 nitrogen and oxygen atoms in total. The molecule has 3 aromatic rings. The number of ether oxygens (including phenoxy) is 1. The third-order valence-electron chi connectivity index (χ3n) is 4.22.